The predicted molar refractivity (Wildman–Crippen MR) is 72.9 cm³/mol. The summed E-state index contributed by atoms with van der Waals surface area (Å²) in [5.41, 5.74) is 5.52. The highest BCUT2D eigenvalue weighted by atomic mass is 19.1. The van der Waals surface area contributed by atoms with Gasteiger partial charge in [-0.15, -0.1) is 0 Å². The molecule has 1 aliphatic heterocycles. The van der Waals surface area contributed by atoms with Gasteiger partial charge in [0, 0.05) is 13.1 Å². The van der Waals surface area contributed by atoms with Crippen molar-refractivity contribution in [2.75, 3.05) is 38.6 Å². The third-order valence-electron chi connectivity index (χ3n) is 3.31. The standard InChI is InChI=1S/C14H19FN2O3/c1-2-17-5-6-19-11(8-17)9-20-14(18)10-3-4-13(16)12(15)7-10/h3-4,7,11H,2,5-6,8-9,16H2,1H3. The molecule has 0 aliphatic carbocycles. The number of carbonyl (C=O) groups excluding carboxylic acids is 1. The fourth-order valence-corrected chi connectivity index (χ4v) is 2.07. The molecule has 0 aromatic heterocycles. The number of anilines is 1. The van der Waals surface area contributed by atoms with Gasteiger partial charge in [0.1, 0.15) is 18.5 Å². The second-order valence-electron chi connectivity index (χ2n) is 4.72. The zero-order valence-corrected chi connectivity index (χ0v) is 11.5. The largest absolute Gasteiger partial charge is 0.459 e. The minimum atomic E-state index is -0.620. The summed E-state index contributed by atoms with van der Waals surface area (Å²) in [5, 5.41) is 0. The highest BCUT2D eigenvalue weighted by Gasteiger charge is 2.21. The number of nitrogens with zero attached hydrogens (tertiary/aromatic N) is 1. The molecule has 1 saturated heterocycles. The molecule has 5 nitrogen and oxygen atoms in total. The summed E-state index contributed by atoms with van der Waals surface area (Å²) in [5.74, 6) is -1.19. The van der Waals surface area contributed by atoms with Crippen molar-refractivity contribution in [3.05, 3.63) is 29.6 Å². The number of carbonyl (C=O) groups is 1. The molecule has 2 rings (SSSR count). The molecule has 1 unspecified atom stereocenters. The molecule has 1 aliphatic rings. The van der Waals surface area contributed by atoms with E-state index >= 15 is 0 Å². The molecule has 20 heavy (non-hydrogen) atoms. The molecule has 1 aromatic rings. The fraction of sp³-hybridized carbons (Fsp3) is 0.500. The van der Waals surface area contributed by atoms with Crippen molar-refractivity contribution < 1.29 is 18.7 Å². The minimum Gasteiger partial charge on any atom is -0.459 e. The minimum absolute atomic E-state index is 0.00996. The second-order valence-corrected chi connectivity index (χ2v) is 4.72. The number of nitrogens with two attached hydrogens (primary N) is 1. The lowest BCUT2D eigenvalue weighted by Gasteiger charge is -2.31. The summed E-state index contributed by atoms with van der Waals surface area (Å²) in [7, 11) is 0. The number of nitrogen functional groups attached to an aromatic ring is 1. The van der Waals surface area contributed by atoms with Crippen LogP contribution in [-0.4, -0.2) is 49.8 Å². The van der Waals surface area contributed by atoms with Crippen molar-refractivity contribution >= 4 is 11.7 Å². The number of ether oxygens (including phenoxy) is 2. The molecule has 6 heteroatoms. The molecule has 1 heterocycles. The van der Waals surface area contributed by atoms with Crippen LogP contribution in [0.5, 0.6) is 0 Å². The number of hydrogen-bond acceptors (Lipinski definition) is 5. The van der Waals surface area contributed by atoms with E-state index in [0.717, 1.165) is 25.7 Å². The van der Waals surface area contributed by atoms with Gasteiger partial charge in [-0.3, -0.25) is 4.90 Å². The first-order valence-electron chi connectivity index (χ1n) is 6.66. The van der Waals surface area contributed by atoms with E-state index < -0.39 is 11.8 Å². The lowest BCUT2D eigenvalue weighted by atomic mass is 10.2. The maximum absolute atomic E-state index is 13.3. The molecule has 0 amide bonds. The maximum atomic E-state index is 13.3. The first-order valence-corrected chi connectivity index (χ1v) is 6.66. The molecule has 110 valence electrons. The maximum Gasteiger partial charge on any atom is 0.338 e. The third-order valence-corrected chi connectivity index (χ3v) is 3.31. The van der Waals surface area contributed by atoms with Crippen LogP contribution in [0.25, 0.3) is 0 Å². The van der Waals surface area contributed by atoms with E-state index in [1.807, 2.05) is 0 Å². The molecule has 0 radical (unpaired) electrons. The summed E-state index contributed by atoms with van der Waals surface area (Å²) in [6.45, 7) is 5.44. The van der Waals surface area contributed by atoms with E-state index in [4.69, 9.17) is 15.2 Å². The molecular formula is C14H19FN2O3. The number of halogens is 1. The van der Waals surface area contributed by atoms with Crippen molar-refractivity contribution in [3.63, 3.8) is 0 Å². The van der Waals surface area contributed by atoms with E-state index in [2.05, 4.69) is 11.8 Å². The molecule has 2 N–H and O–H groups in total. The summed E-state index contributed by atoms with van der Waals surface area (Å²) < 4.78 is 24.0. The first-order chi connectivity index (χ1) is 9.60. The van der Waals surface area contributed by atoms with Gasteiger partial charge in [-0.1, -0.05) is 6.92 Å². The number of benzene rings is 1. The third kappa shape index (κ3) is 3.68. The Morgan fingerprint density at radius 2 is 2.40 bits per heavy atom. The Morgan fingerprint density at radius 1 is 1.60 bits per heavy atom. The Labute approximate surface area is 117 Å². The monoisotopic (exact) mass is 282 g/mol. The first kappa shape index (κ1) is 14.7. The predicted octanol–water partition coefficient (Wildman–Crippen LogP) is 1.29. The van der Waals surface area contributed by atoms with E-state index in [-0.39, 0.29) is 24.0 Å². The van der Waals surface area contributed by atoms with E-state index in [1.165, 1.54) is 12.1 Å². The van der Waals surface area contributed by atoms with Crippen molar-refractivity contribution in [3.8, 4) is 0 Å². The topological polar surface area (TPSA) is 64.8 Å². The highest BCUT2D eigenvalue weighted by Crippen LogP contribution is 2.13. The van der Waals surface area contributed by atoms with Crippen molar-refractivity contribution in [1.82, 2.24) is 4.90 Å². The van der Waals surface area contributed by atoms with Crippen LogP contribution >= 0.6 is 0 Å². The van der Waals surface area contributed by atoms with Crippen molar-refractivity contribution in [2.45, 2.75) is 13.0 Å². The summed E-state index contributed by atoms with van der Waals surface area (Å²) in [6.07, 6.45) is -0.133. The van der Waals surface area contributed by atoms with Gasteiger partial charge in [0.25, 0.3) is 0 Å². The number of hydrogen-bond donors (Lipinski definition) is 1. The zero-order chi connectivity index (χ0) is 14.5. The van der Waals surface area contributed by atoms with Gasteiger partial charge >= 0.3 is 5.97 Å². The molecular weight excluding hydrogens is 263 g/mol. The number of likely N-dealkylation sites (N-methyl/N-ethyl adjacent to an activating group) is 1. The van der Waals surface area contributed by atoms with Gasteiger partial charge in [-0.2, -0.15) is 0 Å². The van der Waals surface area contributed by atoms with Crippen LogP contribution in [0.1, 0.15) is 17.3 Å². The van der Waals surface area contributed by atoms with Crippen LogP contribution in [-0.2, 0) is 9.47 Å². The van der Waals surface area contributed by atoms with E-state index in [0.29, 0.717) is 6.61 Å². The van der Waals surface area contributed by atoms with E-state index in [1.54, 1.807) is 0 Å². The van der Waals surface area contributed by atoms with Crippen LogP contribution in [0.2, 0.25) is 0 Å². The van der Waals surface area contributed by atoms with Gasteiger partial charge in [-0.25, -0.2) is 9.18 Å². The average molecular weight is 282 g/mol. The van der Waals surface area contributed by atoms with Crippen LogP contribution < -0.4 is 5.73 Å². The van der Waals surface area contributed by atoms with E-state index in [9.17, 15) is 9.18 Å². The molecule has 1 atom stereocenters. The number of morpholine rings is 1. The number of rotatable bonds is 4. The van der Waals surface area contributed by atoms with Gasteiger partial charge in [0.05, 0.1) is 17.9 Å². The Morgan fingerprint density at radius 3 is 3.10 bits per heavy atom. The normalized spacial score (nSPS) is 19.8. The molecule has 0 saturated carbocycles. The van der Waals surface area contributed by atoms with Crippen molar-refractivity contribution in [1.29, 1.82) is 0 Å². The Kier molecular flexibility index (Phi) is 4.92. The number of esters is 1. The summed E-state index contributed by atoms with van der Waals surface area (Å²) >= 11 is 0. The SMILES string of the molecule is CCN1CCOC(COC(=O)c2ccc(N)c(F)c2)C1. The highest BCUT2D eigenvalue weighted by molar-refractivity contribution is 5.89. The van der Waals surface area contributed by atoms with Crippen LogP contribution in [0, 0.1) is 5.82 Å². The smallest absolute Gasteiger partial charge is 0.338 e. The fourth-order valence-electron chi connectivity index (χ4n) is 2.07. The van der Waals surface area contributed by atoms with Crippen molar-refractivity contribution in [2.24, 2.45) is 0 Å². The van der Waals surface area contributed by atoms with Gasteiger partial charge in [0.15, 0.2) is 0 Å². The Balaban J connectivity index is 1.87. The lowest BCUT2D eigenvalue weighted by molar-refractivity contribution is -0.0578. The van der Waals surface area contributed by atoms with Gasteiger partial charge < -0.3 is 15.2 Å². The zero-order valence-electron chi connectivity index (χ0n) is 11.5. The Hall–Kier alpha value is -1.66. The van der Waals surface area contributed by atoms with Crippen LogP contribution in [0.3, 0.4) is 0 Å². The summed E-state index contributed by atoms with van der Waals surface area (Å²) in [6, 6.07) is 3.88. The van der Waals surface area contributed by atoms with Gasteiger partial charge in [-0.05, 0) is 24.7 Å². The Bertz CT molecular complexity index is 481. The summed E-state index contributed by atoms with van der Waals surface area (Å²) in [4.78, 5) is 14.0. The van der Waals surface area contributed by atoms with Crippen LogP contribution in [0.15, 0.2) is 18.2 Å². The quantitative estimate of drug-likeness (QED) is 0.666. The average Bonchev–Trinajstić information content (AvgIpc) is 2.47. The van der Waals surface area contributed by atoms with Gasteiger partial charge in [0.2, 0.25) is 0 Å². The second kappa shape index (κ2) is 6.67. The molecule has 0 spiro atoms. The van der Waals surface area contributed by atoms with Crippen LogP contribution in [0.4, 0.5) is 10.1 Å². The molecule has 1 aromatic carbocycles. The lowest BCUT2D eigenvalue weighted by Crippen LogP contribution is -2.44. The molecule has 0 bridgehead atoms. The molecule has 1 fully saturated rings.